The molecule has 0 saturated carbocycles. The molecule has 0 radical (unpaired) electrons. The van der Waals surface area contributed by atoms with Gasteiger partial charge in [0.1, 0.15) is 0 Å². The van der Waals surface area contributed by atoms with Gasteiger partial charge < -0.3 is 4.74 Å². The van der Waals surface area contributed by atoms with Gasteiger partial charge in [-0.3, -0.25) is 4.90 Å². The second kappa shape index (κ2) is 7.93. The highest BCUT2D eigenvalue weighted by molar-refractivity contribution is 5.50. The van der Waals surface area contributed by atoms with Crippen LogP contribution in [0.15, 0.2) is 48.6 Å². The van der Waals surface area contributed by atoms with Crippen LogP contribution in [0, 0.1) is 0 Å². The topological polar surface area (TPSA) is 12.5 Å². The van der Waals surface area contributed by atoms with Gasteiger partial charge in [-0.2, -0.15) is 0 Å². The molecular formula is C17H23NO. The zero-order chi connectivity index (χ0) is 13.3. The number of hydrogen-bond acceptors (Lipinski definition) is 2. The molecule has 1 atom stereocenters. The van der Waals surface area contributed by atoms with Crippen molar-refractivity contribution in [2.24, 2.45) is 0 Å². The fourth-order valence-corrected chi connectivity index (χ4v) is 2.35. The number of allylic oxidation sites excluding steroid dienone is 2. The van der Waals surface area contributed by atoms with Crippen molar-refractivity contribution < 1.29 is 4.74 Å². The molecule has 1 aliphatic heterocycles. The molecular weight excluding hydrogens is 234 g/mol. The third-order valence-corrected chi connectivity index (χ3v) is 3.47. The Balaban J connectivity index is 1.87. The molecule has 1 heterocycles. The Morgan fingerprint density at radius 2 is 1.89 bits per heavy atom. The maximum Gasteiger partial charge on any atom is 0.0594 e. The van der Waals surface area contributed by atoms with Crippen LogP contribution in [0.4, 0.5) is 0 Å². The van der Waals surface area contributed by atoms with E-state index in [4.69, 9.17) is 4.74 Å². The lowest BCUT2D eigenvalue weighted by Gasteiger charge is -2.32. The fraction of sp³-hybridized carbons (Fsp3) is 0.412. The second-order valence-electron chi connectivity index (χ2n) is 4.78. The maximum absolute atomic E-state index is 5.40. The summed E-state index contributed by atoms with van der Waals surface area (Å²) < 4.78 is 5.40. The van der Waals surface area contributed by atoms with Crippen molar-refractivity contribution in [2.75, 3.05) is 26.3 Å². The van der Waals surface area contributed by atoms with Crippen molar-refractivity contribution in [1.82, 2.24) is 4.90 Å². The Kier molecular flexibility index (Phi) is 5.86. The van der Waals surface area contributed by atoms with Gasteiger partial charge in [0, 0.05) is 19.1 Å². The Hall–Kier alpha value is -1.38. The summed E-state index contributed by atoms with van der Waals surface area (Å²) in [5.74, 6) is 0. The molecule has 19 heavy (non-hydrogen) atoms. The van der Waals surface area contributed by atoms with E-state index in [1.165, 1.54) is 5.56 Å². The zero-order valence-corrected chi connectivity index (χ0v) is 11.7. The molecule has 0 aromatic heterocycles. The van der Waals surface area contributed by atoms with Crippen molar-refractivity contribution in [3.8, 4) is 0 Å². The number of ether oxygens (including phenoxy) is 1. The molecule has 1 unspecified atom stereocenters. The number of benzene rings is 1. The van der Waals surface area contributed by atoms with Crippen molar-refractivity contribution in [3.63, 3.8) is 0 Å². The Morgan fingerprint density at radius 1 is 1.16 bits per heavy atom. The number of morpholine rings is 1. The van der Waals surface area contributed by atoms with E-state index in [0.717, 1.165) is 32.7 Å². The van der Waals surface area contributed by atoms with Gasteiger partial charge in [0.05, 0.1) is 13.2 Å². The molecule has 0 bridgehead atoms. The van der Waals surface area contributed by atoms with Crippen LogP contribution in [0.3, 0.4) is 0 Å². The largest absolute Gasteiger partial charge is 0.379 e. The van der Waals surface area contributed by atoms with Crippen molar-refractivity contribution in [3.05, 3.63) is 54.1 Å². The van der Waals surface area contributed by atoms with E-state index in [9.17, 15) is 0 Å². The lowest BCUT2D eigenvalue weighted by Crippen LogP contribution is -2.42. The monoisotopic (exact) mass is 257 g/mol. The highest BCUT2D eigenvalue weighted by Crippen LogP contribution is 2.09. The molecule has 2 nitrogen and oxygen atoms in total. The lowest BCUT2D eigenvalue weighted by molar-refractivity contribution is 0.0250. The Labute approximate surface area is 116 Å². The van der Waals surface area contributed by atoms with Crippen LogP contribution in [-0.4, -0.2) is 37.2 Å². The lowest BCUT2D eigenvalue weighted by atomic mass is 10.1. The summed E-state index contributed by atoms with van der Waals surface area (Å²) >= 11 is 0. The van der Waals surface area contributed by atoms with E-state index < -0.39 is 0 Å². The Morgan fingerprint density at radius 3 is 2.58 bits per heavy atom. The van der Waals surface area contributed by atoms with Crippen LogP contribution in [0.5, 0.6) is 0 Å². The molecule has 0 spiro atoms. The predicted molar refractivity (Wildman–Crippen MR) is 81.1 cm³/mol. The molecule has 0 amide bonds. The van der Waals surface area contributed by atoms with Crippen LogP contribution in [0.25, 0.3) is 6.08 Å². The highest BCUT2D eigenvalue weighted by Gasteiger charge is 2.16. The molecule has 2 rings (SSSR count). The molecule has 1 fully saturated rings. The van der Waals surface area contributed by atoms with Crippen molar-refractivity contribution in [2.45, 2.75) is 19.4 Å². The first-order chi connectivity index (χ1) is 9.40. The minimum Gasteiger partial charge on any atom is -0.379 e. The van der Waals surface area contributed by atoms with E-state index in [1.807, 2.05) is 6.07 Å². The Bertz CT molecular complexity index is 405. The highest BCUT2D eigenvalue weighted by atomic mass is 16.5. The summed E-state index contributed by atoms with van der Waals surface area (Å²) in [4.78, 5) is 2.50. The number of nitrogens with zero attached hydrogens (tertiary/aromatic N) is 1. The molecule has 1 aromatic rings. The molecule has 1 aromatic carbocycles. The van der Waals surface area contributed by atoms with Crippen LogP contribution in [0.1, 0.15) is 18.9 Å². The summed E-state index contributed by atoms with van der Waals surface area (Å²) in [7, 11) is 0. The van der Waals surface area contributed by atoms with E-state index in [1.54, 1.807) is 0 Å². The number of rotatable bonds is 5. The minimum absolute atomic E-state index is 0.532. The van der Waals surface area contributed by atoms with Gasteiger partial charge in [0.15, 0.2) is 0 Å². The van der Waals surface area contributed by atoms with E-state index in [0.29, 0.717) is 6.04 Å². The van der Waals surface area contributed by atoms with Gasteiger partial charge in [0.2, 0.25) is 0 Å². The van der Waals surface area contributed by atoms with Gasteiger partial charge >= 0.3 is 0 Å². The van der Waals surface area contributed by atoms with Crippen molar-refractivity contribution >= 4 is 6.08 Å². The first-order valence-corrected chi connectivity index (χ1v) is 7.12. The van der Waals surface area contributed by atoms with Gasteiger partial charge in [-0.05, 0) is 12.0 Å². The normalized spacial score (nSPS) is 19.2. The molecule has 0 N–H and O–H groups in total. The number of hydrogen-bond donors (Lipinski definition) is 0. The third kappa shape index (κ3) is 4.66. The fourth-order valence-electron chi connectivity index (χ4n) is 2.35. The summed E-state index contributed by atoms with van der Waals surface area (Å²) in [5.41, 5.74) is 1.24. The van der Waals surface area contributed by atoms with Crippen LogP contribution in [-0.2, 0) is 4.74 Å². The summed E-state index contributed by atoms with van der Waals surface area (Å²) in [5, 5.41) is 0. The van der Waals surface area contributed by atoms with Gasteiger partial charge in [-0.1, -0.05) is 61.6 Å². The third-order valence-electron chi connectivity index (χ3n) is 3.47. The van der Waals surface area contributed by atoms with E-state index in [-0.39, 0.29) is 0 Å². The van der Waals surface area contributed by atoms with Crippen LogP contribution >= 0.6 is 0 Å². The first-order valence-electron chi connectivity index (χ1n) is 7.12. The average Bonchev–Trinajstić information content (AvgIpc) is 2.49. The quantitative estimate of drug-likeness (QED) is 0.750. The van der Waals surface area contributed by atoms with Gasteiger partial charge in [-0.15, -0.1) is 0 Å². The smallest absolute Gasteiger partial charge is 0.0594 e. The van der Waals surface area contributed by atoms with Crippen LogP contribution in [0.2, 0.25) is 0 Å². The minimum atomic E-state index is 0.532. The molecule has 1 saturated heterocycles. The first kappa shape index (κ1) is 14.0. The summed E-state index contributed by atoms with van der Waals surface area (Å²) in [6, 6.07) is 10.9. The SMILES string of the molecule is CCC(/C=C/C=C/c1ccccc1)N1CCOCC1. The molecule has 102 valence electrons. The summed E-state index contributed by atoms with van der Waals surface area (Å²) in [6.07, 6.45) is 9.87. The predicted octanol–water partition coefficient (Wildman–Crippen LogP) is 3.37. The maximum atomic E-state index is 5.40. The molecule has 0 aliphatic carbocycles. The zero-order valence-electron chi connectivity index (χ0n) is 11.7. The van der Waals surface area contributed by atoms with E-state index in [2.05, 4.69) is 60.4 Å². The average molecular weight is 257 g/mol. The van der Waals surface area contributed by atoms with Crippen LogP contribution < -0.4 is 0 Å². The summed E-state index contributed by atoms with van der Waals surface area (Å²) in [6.45, 7) is 6.07. The van der Waals surface area contributed by atoms with Crippen molar-refractivity contribution in [1.29, 1.82) is 0 Å². The second-order valence-corrected chi connectivity index (χ2v) is 4.78. The molecule has 2 heteroatoms. The molecule has 1 aliphatic rings. The van der Waals surface area contributed by atoms with E-state index >= 15 is 0 Å². The standard InChI is InChI=1S/C17H23NO/c1-2-17(18-12-14-19-15-13-18)11-7-6-10-16-8-4-3-5-9-16/h3-11,17H,2,12-15H2,1H3/b10-6+,11-7+. The van der Waals surface area contributed by atoms with Gasteiger partial charge in [-0.25, -0.2) is 0 Å². The van der Waals surface area contributed by atoms with Gasteiger partial charge in [0.25, 0.3) is 0 Å².